The number of hydrogen-bond acceptors (Lipinski definition) is 8. The minimum Gasteiger partial charge on any atom is -0.455 e. The zero-order chi connectivity index (χ0) is 22.4. The standard InChI is InChI=1S/C20H24N4O5S2/c1-15-12-16(2)22-20(21-15)30-14-19(26)29-13-18(25)23-8-10-24(11-9-23)31(27,28)17-6-4-3-5-7-17/h3-7,12H,8-11,13-14H2,1-2H3. The molecule has 11 heteroatoms. The molecule has 0 atom stereocenters. The van der Waals surface area contributed by atoms with Crippen molar-refractivity contribution in [1.29, 1.82) is 0 Å². The van der Waals surface area contributed by atoms with Gasteiger partial charge in [0.2, 0.25) is 10.0 Å². The maximum Gasteiger partial charge on any atom is 0.316 e. The van der Waals surface area contributed by atoms with Crippen LogP contribution in [-0.2, 0) is 24.3 Å². The molecule has 0 unspecified atom stereocenters. The van der Waals surface area contributed by atoms with Gasteiger partial charge in [-0.15, -0.1) is 0 Å². The van der Waals surface area contributed by atoms with E-state index >= 15 is 0 Å². The summed E-state index contributed by atoms with van der Waals surface area (Å²) in [6.07, 6.45) is 0. The number of esters is 1. The Morgan fingerprint density at radius 3 is 2.26 bits per heavy atom. The van der Waals surface area contributed by atoms with E-state index in [4.69, 9.17) is 4.74 Å². The highest BCUT2D eigenvalue weighted by atomic mass is 32.2. The monoisotopic (exact) mass is 464 g/mol. The molecule has 0 spiro atoms. The van der Waals surface area contributed by atoms with Crippen LogP contribution >= 0.6 is 11.8 Å². The second-order valence-electron chi connectivity index (χ2n) is 6.98. The first kappa shape index (κ1) is 23.2. The topological polar surface area (TPSA) is 110 Å². The Morgan fingerprint density at radius 2 is 1.65 bits per heavy atom. The number of nitrogens with zero attached hydrogens (tertiary/aromatic N) is 4. The summed E-state index contributed by atoms with van der Waals surface area (Å²) in [4.78, 5) is 34.5. The molecule has 1 aromatic carbocycles. The van der Waals surface area contributed by atoms with Gasteiger partial charge in [0.1, 0.15) is 0 Å². The lowest BCUT2D eigenvalue weighted by Gasteiger charge is -2.33. The number of sulfonamides is 1. The third-order valence-corrected chi connectivity index (χ3v) is 7.34. The predicted octanol–water partition coefficient (Wildman–Crippen LogP) is 1.26. The third-order valence-electron chi connectivity index (χ3n) is 4.61. The van der Waals surface area contributed by atoms with Crippen molar-refractivity contribution in [2.24, 2.45) is 0 Å². The van der Waals surface area contributed by atoms with E-state index in [2.05, 4.69) is 9.97 Å². The van der Waals surface area contributed by atoms with E-state index in [9.17, 15) is 18.0 Å². The van der Waals surface area contributed by atoms with Gasteiger partial charge in [-0.2, -0.15) is 4.31 Å². The lowest BCUT2D eigenvalue weighted by molar-refractivity contribution is -0.150. The zero-order valence-electron chi connectivity index (χ0n) is 17.4. The van der Waals surface area contributed by atoms with E-state index in [1.54, 1.807) is 30.3 Å². The molecule has 0 bridgehead atoms. The largest absolute Gasteiger partial charge is 0.455 e. The van der Waals surface area contributed by atoms with Crippen LogP contribution in [0.2, 0.25) is 0 Å². The highest BCUT2D eigenvalue weighted by Crippen LogP contribution is 2.17. The summed E-state index contributed by atoms with van der Waals surface area (Å²) < 4.78 is 31.7. The SMILES string of the molecule is Cc1cc(C)nc(SCC(=O)OCC(=O)N2CCN(S(=O)(=O)c3ccccc3)CC2)n1. The summed E-state index contributed by atoms with van der Waals surface area (Å²) in [7, 11) is -3.58. The maximum absolute atomic E-state index is 12.7. The number of benzene rings is 1. The van der Waals surface area contributed by atoms with Crippen LogP contribution in [0.1, 0.15) is 11.4 Å². The number of hydrogen-bond donors (Lipinski definition) is 0. The van der Waals surface area contributed by atoms with E-state index in [0.29, 0.717) is 5.16 Å². The van der Waals surface area contributed by atoms with Gasteiger partial charge in [0.15, 0.2) is 11.8 Å². The van der Waals surface area contributed by atoms with Gasteiger partial charge in [0, 0.05) is 37.6 Å². The number of thioether (sulfide) groups is 1. The van der Waals surface area contributed by atoms with Crippen molar-refractivity contribution in [3.8, 4) is 0 Å². The Kier molecular flexibility index (Phi) is 7.63. The molecule has 2 aromatic rings. The number of aromatic nitrogens is 2. The quantitative estimate of drug-likeness (QED) is 0.342. The van der Waals surface area contributed by atoms with E-state index in [0.717, 1.165) is 23.1 Å². The van der Waals surface area contributed by atoms with Crippen molar-refractivity contribution < 1.29 is 22.7 Å². The van der Waals surface area contributed by atoms with E-state index < -0.39 is 16.0 Å². The molecular formula is C20H24N4O5S2. The molecule has 0 aliphatic carbocycles. The molecule has 0 saturated carbocycles. The van der Waals surface area contributed by atoms with Crippen LogP contribution in [0, 0.1) is 13.8 Å². The van der Waals surface area contributed by atoms with Crippen molar-refractivity contribution in [3.63, 3.8) is 0 Å². The predicted molar refractivity (Wildman–Crippen MR) is 115 cm³/mol. The van der Waals surface area contributed by atoms with Crippen LogP contribution in [0.25, 0.3) is 0 Å². The molecule has 1 aliphatic rings. The summed E-state index contributed by atoms with van der Waals surface area (Å²) in [6.45, 7) is 4.19. The van der Waals surface area contributed by atoms with Crippen LogP contribution in [0.3, 0.4) is 0 Å². The first-order valence-electron chi connectivity index (χ1n) is 9.69. The lowest BCUT2D eigenvalue weighted by Crippen LogP contribution is -2.51. The molecule has 166 valence electrons. The van der Waals surface area contributed by atoms with Gasteiger partial charge < -0.3 is 9.64 Å². The fourth-order valence-electron chi connectivity index (χ4n) is 3.08. The first-order chi connectivity index (χ1) is 14.8. The number of amides is 1. The second-order valence-corrected chi connectivity index (χ2v) is 9.86. The third kappa shape index (κ3) is 6.25. The second kappa shape index (κ2) is 10.2. The molecule has 1 saturated heterocycles. The van der Waals surface area contributed by atoms with Crippen LogP contribution in [0.4, 0.5) is 0 Å². The van der Waals surface area contributed by atoms with Crippen LogP contribution in [0.15, 0.2) is 46.5 Å². The molecule has 9 nitrogen and oxygen atoms in total. The van der Waals surface area contributed by atoms with Crippen molar-refractivity contribution in [1.82, 2.24) is 19.2 Å². The smallest absolute Gasteiger partial charge is 0.316 e. The molecule has 31 heavy (non-hydrogen) atoms. The minimum absolute atomic E-state index is 0.000724. The molecular weight excluding hydrogens is 440 g/mol. The Labute approximate surface area is 185 Å². The first-order valence-corrected chi connectivity index (χ1v) is 12.1. The zero-order valence-corrected chi connectivity index (χ0v) is 19.0. The van der Waals surface area contributed by atoms with Gasteiger partial charge in [-0.3, -0.25) is 9.59 Å². The van der Waals surface area contributed by atoms with Gasteiger partial charge in [-0.25, -0.2) is 18.4 Å². The van der Waals surface area contributed by atoms with Crippen molar-refractivity contribution >= 4 is 33.7 Å². The highest BCUT2D eigenvalue weighted by Gasteiger charge is 2.30. The van der Waals surface area contributed by atoms with Gasteiger partial charge in [0.05, 0.1) is 10.6 Å². The molecule has 1 aliphatic heterocycles. The Balaban J connectivity index is 1.43. The minimum atomic E-state index is -3.58. The number of rotatable bonds is 7. The summed E-state index contributed by atoms with van der Waals surface area (Å²) in [5.41, 5.74) is 1.62. The molecule has 2 heterocycles. The molecule has 3 rings (SSSR count). The summed E-state index contributed by atoms with van der Waals surface area (Å²) in [5, 5.41) is 0.483. The summed E-state index contributed by atoms with van der Waals surface area (Å²) in [6, 6.07) is 10.0. The normalized spacial score (nSPS) is 15.0. The van der Waals surface area contributed by atoms with E-state index in [1.807, 2.05) is 19.9 Å². The number of aryl methyl sites for hydroxylation is 2. The number of piperazine rings is 1. The fourth-order valence-corrected chi connectivity index (χ4v) is 5.27. The Bertz CT molecular complexity index is 1020. The van der Waals surface area contributed by atoms with Gasteiger partial charge in [0.25, 0.3) is 5.91 Å². The van der Waals surface area contributed by atoms with E-state index in [-0.39, 0.29) is 49.3 Å². The average molecular weight is 465 g/mol. The van der Waals surface area contributed by atoms with Crippen molar-refractivity contribution in [2.45, 2.75) is 23.9 Å². The molecule has 1 fully saturated rings. The lowest BCUT2D eigenvalue weighted by atomic mass is 10.3. The Morgan fingerprint density at radius 1 is 1.03 bits per heavy atom. The van der Waals surface area contributed by atoms with Crippen LogP contribution in [0.5, 0.6) is 0 Å². The van der Waals surface area contributed by atoms with Crippen LogP contribution < -0.4 is 0 Å². The number of carbonyl (C=O) groups is 2. The maximum atomic E-state index is 12.7. The number of carbonyl (C=O) groups excluding carboxylic acids is 2. The average Bonchev–Trinajstić information content (AvgIpc) is 2.76. The van der Waals surface area contributed by atoms with Crippen LogP contribution in [-0.4, -0.2) is 78.0 Å². The molecule has 1 aromatic heterocycles. The highest BCUT2D eigenvalue weighted by molar-refractivity contribution is 7.99. The molecule has 0 radical (unpaired) electrons. The number of ether oxygens (including phenoxy) is 1. The molecule has 0 N–H and O–H groups in total. The fraction of sp³-hybridized carbons (Fsp3) is 0.400. The summed E-state index contributed by atoms with van der Waals surface area (Å²) in [5.74, 6) is -0.886. The van der Waals surface area contributed by atoms with Gasteiger partial charge in [-0.1, -0.05) is 30.0 Å². The van der Waals surface area contributed by atoms with Crippen molar-refractivity contribution in [2.75, 3.05) is 38.5 Å². The molecule has 1 amide bonds. The van der Waals surface area contributed by atoms with Gasteiger partial charge >= 0.3 is 5.97 Å². The summed E-state index contributed by atoms with van der Waals surface area (Å²) >= 11 is 1.15. The van der Waals surface area contributed by atoms with Crippen molar-refractivity contribution in [3.05, 3.63) is 47.8 Å². The van der Waals surface area contributed by atoms with Gasteiger partial charge in [-0.05, 0) is 32.0 Å². The Hall–Kier alpha value is -2.50. The van der Waals surface area contributed by atoms with E-state index in [1.165, 1.54) is 9.21 Å².